The Morgan fingerprint density at radius 2 is 1.74 bits per heavy atom. The van der Waals surface area contributed by atoms with Gasteiger partial charge in [-0.3, -0.25) is 19.6 Å². The van der Waals surface area contributed by atoms with E-state index in [1.54, 1.807) is 11.0 Å². The fourth-order valence-corrected chi connectivity index (χ4v) is 5.19. The van der Waals surface area contributed by atoms with E-state index in [2.05, 4.69) is 60.8 Å². The lowest BCUT2D eigenvalue weighted by Gasteiger charge is -2.44. The summed E-state index contributed by atoms with van der Waals surface area (Å²) in [7, 11) is 2.19. The number of aryl methyl sites for hydroxylation is 2. The lowest BCUT2D eigenvalue weighted by molar-refractivity contribution is -0.122. The van der Waals surface area contributed by atoms with Crippen molar-refractivity contribution >= 4 is 17.0 Å². The number of aromatic nitrogens is 3. The zero-order chi connectivity index (χ0) is 24.1. The minimum atomic E-state index is -0.0343. The van der Waals surface area contributed by atoms with E-state index < -0.39 is 0 Å². The van der Waals surface area contributed by atoms with E-state index in [1.807, 2.05) is 36.8 Å². The van der Waals surface area contributed by atoms with E-state index in [0.29, 0.717) is 12.1 Å². The average molecular weight is 459 g/mol. The lowest BCUT2D eigenvalue weighted by Crippen LogP contribution is -2.54. The summed E-state index contributed by atoms with van der Waals surface area (Å²) in [6, 6.07) is 2.97. The second-order valence-electron chi connectivity index (χ2n) is 10.1. The van der Waals surface area contributed by atoms with Crippen LogP contribution < -0.4 is 0 Å². The number of rotatable bonds is 2. The van der Waals surface area contributed by atoms with Gasteiger partial charge in [0, 0.05) is 43.1 Å². The Bertz CT molecular complexity index is 1250. The summed E-state index contributed by atoms with van der Waals surface area (Å²) in [5.41, 5.74) is 6.67. The normalized spacial score (nSPS) is 26.1. The number of likely N-dealkylation sites (N-methyl/N-ethyl adjacent to an activating group) is 1. The molecule has 1 fully saturated rings. The molecule has 0 radical (unpaired) electrons. The first-order valence-corrected chi connectivity index (χ1v) is 12.2. The highest BCUT2D eigenvalue weighted by Crippen LogP contribution is 2.32. The second kappa shape index (κ2) is 8.55. The molecule has 5 rings (SSSR count). The summed E-state index contributed by atoms with van der Waals surface area (Å²) >= 11 is 0. The zero-order valence-corrected chi connectivity index (χ0v) is 21.0. The van der Waals surface area contributed by atoms with Crippen LogP contribution in [0.3, 0.4) is 0 Å². The molecule has 3 unspecified atom stereocenters. The van der Waals surface area contributed by atoms with Crippen LogP contribution in [0, 0.1) is 19.8 Å². The van der Waals surface area contributed by atoms with Crippen molar-refractivity contribution < 1.29 is 4.79 Å². The minimum absolute atomic E-state index is 0.0343. The molecule has 178 valence electrons. The van der Waals surface area contributed by atoms with Gasteiger partial charge in [0.15, 0.2) is 0 Å². The Hall–Kier alpha value is -3.19. The Balaban J connectivity index is 1.48. The smallest absolute Gasteiger partial charge is 0.255 e. The maximum absolute atomic E-state index is 13.5. The number of carbonyl (C=O) groups is 1. The molecule has 7 heteroatoms. The molecule has 0 saturated carbocycles. The highest BCUT2D eigenvalue weighted by Gasteiger charge is 2.30. The highest BCUT2D eigenvalue weighted by molar-refractivity contribution is 5.98. The van der Waals surface area contributed by atoms with Crippen LogP contribution in [-0.4, -0.2) is 67.4 Å². The van der Waals surface area contributed by atoms with Gasteiger partial charge in [0.05, 0.1) is 34.5 Å². The maximum atomic E-state index is 13.5. The van der Waals surface area contributed by atoms with Crippen LogP contribution in [0.2, 0.25) is 0 Å². The fourth-order valence-electron chi connectivity index (χ4n) is 5.19. The summed E-state index contributed by atoms with van der Waals surface area (Å²) < 4.78 is 1.88. The lowest BCUT2D eigenvalue weighted by atomic mass is 9.92. The van der Waals surface area contributed by atoms with Crippen LogP contribution >= 0.6 is 0 Å². The minimum Gasteiger partial charge on any atom is -0.367 e. The maximum Gasteiger partial charge on any atom is 0.255 e. The van der Waals surface area contributed by atoms with Crippen LogP contribution in [0.5, 0.6) is 0 Å². The van der Waals surface area contributed by atoms with E-state index in [4.69, 9.17) is 5.10 Å². The summed E-state index contributed by atoms with van der Waals surface area (Å²) in [6.45, 7) is 12.5. The molecule has 0 bridgehead atoms. The number of allylic oxidation sites excluding steroid dienone is 4. The van der Waals surface area contributed by atoms with Crippen LogP contribution in [0.4, 0.5) is 0 Å². The third-order valence-corrected chi connectivity index (χ3v) is 7.47. The Labute approximate surface area is 201 Å². The quantitative estimate of drug-likeness (QED) is 0.683. The van der Waals surface area contributed by atoms with Gasteiger partial charge in [-0.25, -0.2) is 4.52 Å². The van der Waals surface area contributed by atoms with E-state index in [9.17, 15) is 4.79 Å². The van der Waals surface area contributed by atoms with Gasteiger partial charge < -0.3 is 4.90 Å². The Morgan fingerprint density at radius 1 is 1.03 bits per heavy atom. The second-order valence-corrected chi connectivity index (χ2v) is 10.1. The molecule has 3 atom stereocenters. The first-order valence-electron chi connectivity index (χ1n) is 12.2. The van der Waals surface area contributed by atoms with Gasteiger partial charge in [-0.2, -0.15) is 5.10 Å². The molecule has 2 aromatic heterocycles. The molecule has 0 N–H and O–H groups in total. The van der Waals surface area contributed by atoms with Gasteiger partial charge in [0.2, 0.25) is 0 Å². The molecule has 2 aromatic rings. The van der Waals surface area contributed by atoms with Crippen molar-refractivity contribution in [3.8, 4) is 0 Å². The van der Waals surface area contributed by atoms with Crippen LogP contribution in [-0.2, 0) is 4.79 Å². The van der Waals surface area contributed by atoms with Gasteiger partial charge >= 0.3 is 0 Å². The number of piperazine rings is 1. The monoisotopic (exact) mass is 458 g/mol. The molecule has 3 aliphatic rings. The molecule has 1 amide bonds. The van der Waals surface area contributed by atoms with Crippen LogP contribution in [0.15, 0.2) is 54.2 Å². The highest BCUT2D eigenvalue weighted by atomic mass is 16.2. The van der Waals surface area contributed by atoms with Crippen LogP contribution in [0.25, 0.3) is 11.1 Å². The SMILES string of the molecule is Cc1cn2nc(C3=CC(=O)N4C=C(N5CC(C)N(C)C(C)C5)C=CC4=CCC3C)cc2c(C)n1. The first-order chi connectivity index (χ1) is 16.2. The third kappa shape index (κ3) is 3.98. The van der Waals surface area contributed by atoms with Crippen molar-refractivity contribution in [3.05, 3.63) is 71.2 Å². The number of carbonyl (C=O) groups excluding carboxylic acids is 1. The number of hydrogen-bond donors (Lipinski definition) is 0. The van der Waals surface area contributed by atoms with Crippen molar-refractivity contribution in [2.45, 2.75) is 53.1 Å². The standard InChI is InChI=1S/C27H34N6O/c1-17-7-8-22-9-10-23(31-14-19(3)30(6)20(4)15-31)16-32(22)27(34)11-24(17)25-12-26-21(5)28-18(2)13-33(26)29-25/h8-13,16-17,19-20H,7,14-15H2,1-6H3. The van der Waals surface area contributed by atoms with Crippen molar-refractivity contribution in [2.75, 3.05) is 20.1 Å². The van der Waals surface area contributed by atoms with Gasteiger partial charge in [0.25, 0.3) is 5.91 Å². The van der Waals surface area contributed by atoms with Gasteiger partial charge in [-0.1, -0.05) is 13.0 Å². The Kier molecular flexibility index (Phi) is 5.68. The van der Waals surface area contributed by atoms with Gasteiger partial charge in [0.1, 0.15) is 0 Å². The van der Waals surface area contributed by atoms with E-state index in [1.165, 1.54) is 0 Å². The van der Waals surface area contributed by atoms with Gasteiger partial charge in [-0.15, -0.1) is 0 Å². The predicted octanol–water partition coefficient (Wildman–Crippen LogP) is 3.92. The molecule has 0 spiro atoms. The predicted molar refractivity (Wildman–Crippen MR) is 135 cm³/mol. The van der Waals surface area contributed by atoms with E-state index >= 15 is 0 Å². The van der Waals surface area contributed by atoms with Crippen LogP contribution in [0.1, 0.15) is 44.3 Å². The molecule has 0 aliphatic carbocycles. The van der Waals surface area contributed by atoms with Gasteiger partial charge in [-0.05, 0) is 70.9 Å². The number of nitrogens with zero attached hydrogens (tertiary/aromatic N) is 6. The van der Waals surface area contributed by atoms with Crippen molar-refractivity contribution in [1.29, 1.82) is 0 Å². The number of amides is 1. The zero-order valence-electron chi connectivity index (χ0n) is 21.0. The molecular weight excluding hydrogens is 424 g/mol. The molecule has 7 nitrogen and oxygen atoms in total. The summed E-state index contributed by atoms with van der Waals surface area (Å²) in [5, 5.41) is 4.81. The number of hydrogen-bond acceptors (Lipinski definition) is 5. The van der Waals surface area contributed by atoms with E-state index in [0.717, 1.165) is 59.1 Å². The van der Waals surface area contributed by atoms with E-state index in [-0.39, 0.29) is 11.8 Å². The summed E-state index contributed by atoms with van der Waals surface area (Å²) in [4.78, 5) is 24.7. The molecule has 3 aliphatic heterocycles. The molecule has 0 aromatic carbocycles. The molecular formula is C27H34N6O. The first kappa shape index (κ1) is 22.6. The third-order valence-electron chi connectivity index (χ3n) is 7.47. The summed E-state index contributed by atoms with van der Waals surface area (Å²) in [5.74, 6) is 0.143. The van der Waals surface area contributed by atoms with Crippen molar-refractivity contribution in [3.63, 3.8) is 0 Å². The largest absolute Gasteiger partial charge is 0.367 e. The topological polar surface area (TPSA) is 57.0 Å². The van der Waals surface area contributed by atoms with Crippen molar-refractivity contribution in [2.24, 2.45) is 5.92 Å². The Morgan fingerprint density at radius 3 is 2.47 bits per heavy atom. The fraction of sp³-hybridized carbons (Fsp3) is 0.444. The molecule has 5 heterocycles. The molecule has 1 saturated heterocycles. The van der Waals surface area contributed by atoms with Crippen molar-refractivity contribution in [1.82, 2.24) is 29.3 Å². The summed E-state index contributed by atoms with van der Waals surface area (Å²) in [6.07, 6.45) is 12.9. The average Bonchev–Trinajstić information content (AvgIpc) is 3.22. The number of fused-ring (bicyclic) bond motifs is 2. The molecule has 34 heavy (non-hydrogen) atoms.